The summed E-state index contributed by atoms with van der Waals surface area (Å²) >= 11 is 0. The number of nitrogens with zero attached hydrogens (tertiary/aromatic N) is 4. The molecule has 1 saturated carbocycles. The Kier molecular flexibility index (Phi) is 4.89. The maximum atomic E-state index is 13.0. The fourth-order valence-corrected chi connectivity index (χ4v) is 5.12. The third kappa shape index (κ3) is 3.53. The fraction of sp³-hybridized carbons (Fsp3) is 0.400. The molecule has 5 rings (SSSR count). The average molecular weight is 401 g/mol. The number of amides is 1. The van der Waals surface area contributed by atoms with Crippen LogP contribution >= 0.6 is 0 Å². The van der Waals surface area contributed by atoms with Gasteiger partial charge in [0.1, 0.15) is 0 Å². The monoisotopic (exact) mass is 400 g/mol. The van der Waals surface area contributed by atoms with Gasteiger partial charge in [0.05, 0.1) is 0 Å². The number of piperidine rings is 1. The minimum Gasteiger partial charge on any atom is -0.336 e. The van der Waals surface area contributed by atoms with Gasteiger partial charge in [0, 0.05) is 25.7 Å². The standard InChI is InChI=1S/C25H28N4O/c1-28-23(21-11-9-20(10-12-21)19-7-3-2-4-8-19)26-22(27-28)24(30)29-17-15-25(16-18-29)13-5-6-14-25/h2-4,7-12H,5-6,13-18H2,1H3. The molecule has 1 aliphatic carbocycles. The van der Waals surface area contributed by atoms with E-state index in [1.807, 2.05) is 42.3 Å². The summed E-state index contributed by atoms with van der Waals surface area (Å²) in [5, 5.41) is 4.45. The smallest absolute Gasteiger partial charge is 0.293 e. The highest BCUT2D eigenvalue weighted by Gasteiger charge is 2.38. The minimum absolute atomic E-state index is 0.0365. The number of aryl methyl sites for hydroxylation is 1. The van der Waals surface area contributed by atoms with E-state index in [1.165, 1.54) is 31.2 Å². The van der Waals surface area contributed by atoms with Crippen LogP contribution in [0.5, 0.6) is 0 Å². The largest absolute Gasteiger partial charge is 0.336 e. The first kappa shape index (κ1) is 19.0. The number of carbonyl (C=O) groups is 1. The van der Waals surface area contributed by atoms with Crippen molar-refractivity contribution in [3.05, 3.63) is 60.4 Å². The summed E-state index contributed by atoms with van der Waals surface area (Å²) in [6.45, 7) is 1.66. The summed E-state index contributed by atoms with van der Waals surface area (Å²) in [5.74, 6) is 0.995. The van der Waals surface area contributed by atoms with Gasteiger partial charge >= 0.3 is 0 Å². The lowest BCUT2D eigenvalue weighted by Crippen LogP contribution is -2.42. The maximum absolute atomic E-state index is 13.0. The van der Waals surface area contributed by atoms with E-state index in [2.05, 4.69) is 34.3 Å². The van der Waals surface area contributed by atoms with Crippen molar-refractivity contribution in [1.29, 1.82) is 0 Å². The van der Waals surface area contributed by atoms with E-state index in [0.29, 0.717) is 11.2 Å². The van der Waals surface area contributed by atoms with Gasteiger partial charge in [0.2, 0.25) is 5.82 Å². The molecule has 1 spiro atoms. The highest BCUT2D eigenvalue weighted by molar-refractivity contribution is 5.91. The fourth-order valence-electron chi connectivity index (χ4n) is 5.12. The van der Waals surface area contributed by atoms with Gasteiger partial charge in [-0.25, -0.2) is 9.67 Å². The van der Waals surface area contributed by atoms with E-state index in [4.69, 9.17) is 0 Å². The zero-order valence-corrected chi connectivity index (χ0v) is 17.6. The van der Waals surface area contributed by atoms with Crippen molar-refractivity contribution in [1.82, 2.24) is 19.7 Å². The minimum atomic E-state index is -0.0365. The van der Waals surface area contributed by atoms with Gasteiger partial charge < -0.3 is 4.90 Å². The normalized spacial score (nSPS) is 18.1. The molecule has 30 heavy (non-hydrogen) atoms. The zero-order chi connectivity index (χ0) is 20.6. The van der Waals surface area contributed by atoms with Crippen LogP contribution in [0.25, 0.3) is 22.5 Å². The number of carbonyl (C=O) groups excluding carboxylic acids is 1. The number of rotatable bonds is 3. The van der Waals surface area contributed by atoms with Crippen LogP contribution < -0.4 is 0 Å². The Labute approximate surface area is 177 Å². The molecule has 2 fully saturated rings. The molecular formula is C25H28N4O. The van der Waals surface area contributed by atoms with Crippen molar-refractivity contribution in [3.8, 4) is 22.5 Å². The second-order valence-corrected chi connectivity index (χ2v) is 8.83. The molecule has 5 heteroatoms. The Bertz CT molecular complexity index is 1020. The van der Waals surface area contributed by atoms with Gasteiger partial charge in [-0.2, -0.15) is 0 Å². The molecule has 154 valence electrons. The summed E-state index contributed by atoms with van der Waals surface area (Å²) in [4.78, 5) is 19.6. The molecule has 0 unspecified atom stereocenters. The maximum Gasteiger partial charge on any atom is 0.293 e. The summed E-state index contributed by atoms with van der Waals surface area (Å²) in [5.41, 5.74) is 3.81. The van der Waals surface area contributed by atoms with Crippen molar-refractivity contribution in [2.75, 3.05) is 13.1 Å². The van der Waals surface area contributed by atoms with E-state index in [9.17, 15) is 4.79 Å². The molecular weight excluding hydrogens is 372 g/mol. The molecule has 1 aromatic heterocycles. The molecule has 0 bridgehead atoms. The molecule has 2 heterocycles. The van der Waals surface area contributed by atoms with Gasteiger partial charge in [-0.3, -0.25) is 4.79 Å². The molecule has 1 saturated heterocycles. The predicted molar refractivity (Wildman–Crippen MR) is 118 cm³/mol. The van der Waals surface area contributed by atoms with Crippen LogP contribution in [0, 0.1) is 5.41 Å². The van der Waals surface area contributed by atoms with Crippen LogP contribution in [0.4, 0.5) is 0 Å². The van der Waals surface area contributed by atoms with E-state index >= 15 is 0 Å². The highest BCUT2D eigenvalue weighted by atomic mass is 16.2. The number of hydrogen-bond donors (Lipinski definition) is 0. The SMILES string of the molecule is Cn1nc(C(=O)N2CCC3(CCCC3)CC2)nc1-c1ccc(-c2ccccc2)cc1. The van der Waals surface area contributed by atoms with Gasteiger partial charge in [-0.1, -0.05) is 67.4 Å². The first-order valence-electron chi connectivity index (χ1n) is 11.0. The summed E-state index contributed by atoms with van der Waals surface area (Å²) < 4.78 is 1.72. The lowest BCUT2D eigenvalue weighted by atomic mass is 9.77. The number of likely N-dealkylation sites (tertiary alicyclic amines) is 1. The van der Waals surface area contributed by atoms with Gasteiger partial charge in [-0.05, 0) is 42.2 Å². The third-order valence-corrected chi connectivity index (χ3v) is 6.98. The molecule has 3 aromatic rings. The Morgan fingerprint density at radius 1 is 0.833 bits per heavy atom. The van der Waals surface area contributed by atoms with Crippen molar-refractivity contribution in [2.24, 2.45) is 12.5 Å². The molecule has 5 nitrogen and oxygen atoms in total. The molecule has 2 aromatic carbocycles. The molecule has 0 radical (unpaired) electrons. The lowest BCUT2D eigenvalue weighted by Gasteiger charge is -2.39. The van der Waals surface area contributed by atoms with Gasteiger partial charge in [0.15, 0.2) is 5.82 Å². The topological polar surface area (TPSA) is 51.0 Å². The first-order valence-corrected chi connectivity index (χ1v) is 11.0. The molecule has 0 N–H and O–H groups in total. The van der Waals surface area contributed by atoms with Crippen molar-refractivity contribution < 1.29 is 4.79 Å². The summed E-state index contributed by atoms with van der Waals surface area (Å²) in [6.07, 6.45) is 7.61. The number of benzene rings is 2. The zero-order valence-electron chi connectivity index (χ0n) is 17.6. The quantitative estimate of drug-likeness (QED) is 0.625. The highest BCUT2D eigenvalue weighted by Crippen LogP contribution is 2.46. The Morgan fingerprint density at radius 3 is 2.10 bits per heavy atom. The van der Waals surface area contributed by atoms with E-state index in [-0.39, 0.29) is 5.91 Å². The average Bonchev–Trinajstić information content (AvgIpc) is 3.41. The Morgan fingerprint density at radius 2 is 1.43 bits per heavy atom. The van der Waals surface area contributed by atoms with Crippen LogP contribution in [0.3, 0.4) is 0 Å². The van der Waals surface area contributed by atoms with E-state index < -0.39 is 0 Å². The summed E-state index contributed by atoms with van der Waals surface area (Å²) in [6, 6.07) is 18.6. The molecule has 1 aliphatic heterocycles. The van der Waals surface area contributed by atoms with Crippen molar-refractivity contribution in [2.45, 2.75) is 38.5 Å². The Hall–Kier alpha value is -2.95. The Balaban J connectivity index is 1.32. The van der Waals surface area contributed by atoms with Crippen molar-refractivity contribution >= 4 is 5.91 Å². The molecule has 1 amide bonds. The van der Waals surface area contributed by atoms with E-state index in [1.54, 1.807) is 4.68 Å². The second-order valence-electron chi connectivity index (χ2n) is 8.83. The molecule has 2 aliphatic rings. The predicted octanol–water partition coefficient (Wildman–Crippen LogP) is 4.95. The first-order chi connectivity index (χ1) is 14.6. The van der Waals surface area contributed by atoms with Crippen LogP contribution in [-0.2, 0) is 7.05 Å². The van der Waals surface area contributed by atoms with Crippen LogP contribution in [0.2, 0.25) is 0 Å². The van der Waals surface area contributed by atoms with Gasteiger partial charge in [0.25, 0.3) is 5.91 Å². The third-order valence-electron chi connectivity index (χ3n) is 6.98. The van der Waals surface area contributed by atoms with Crippen LogP contribution in [-0.4, -0.2) is 38.7 Å². The lowest BCUT2D eigenvalue weighted by molar-refractivity contribution is 0.0575. The molecule has 0 atom stereocenters. The number of aromatic nitrogens is 3. The van der Waals surface area contributed by atoms with Crippen LogP contribution in [0.15, 0.2) is 54.6 Å². The van der Waals surface area contributed by atoms with E-state index in [0.717, 1.165) is 42.9 Å². The second kappa shape index (κ2) is 7.71. The number of hydrogen-bond acceptors (Lipinski definition) is 3. The van der Waals surface area contributed by atoms with Crippen LogP contribution in [0.1, 0.15) is 49.1 Å². The van der Waals surface area contributed by atoms with Crippen molar-refractivity contribution in [3.63, 3.8) is 0 Å². The summed E-state index contributed by atoms with van der Waals surface area (Å²) in [7, 11) is 1.86. The van der Waals surface area contributed by atoms with Gasteiger partial charge in [-0.15, -0.1) is 5.10 Å².